The van der Waals surface area contributed by atoms with Crippen LogP contribution in [0, 0.1) is 0 Å². The fourth-order valence-electron chi connectivity index (χ4n) is 0.538. The molecule has 2 N–H and O–H groups in total. The van der Waals surface area contributed by atoms with Crippen LogP contribution in [-0.2, 0) is 19.1 Å². The highest BCUT2D eigenvalue weighted by Crippen LogP contribution is 1.99. The number of hydrogen-bond donors (Lipinski definition) is 2. The molecule has 6 heteroatoms. The Balaban J connectivity index is 4.14. The van der Waals surface area contributed by atoms with Crippen molar-refractivity contribution in [3.05, 3.63) is 0 Å². The highest BCUT2D eigenvalue weighted by Gasteiger charge is 2.23. The van der Waals surface area contributed by atoms with Crippen molar-refractivity contribution in [3.8, 4) is 0 Å². The summed E-state index contributed by atoms with van der Waals surface area (Å²) in [4.78, 5) is 30.5. The number of hydrogen-bond acceptors (Lipinski definition) is 4. The average molecular weight is 176 g/mol. The van der Waals surface area contributed by atoms with Crippen LogP contribution in [0.3, 0.4) is 0 Å². The topological polar surface area (TPSA) is 101 Å². The fraction of sp³-hybridized carbons (Fsp3) is 0.500. The molecule has 0 spiro atoms. The SMILES string of the molecule is CC(=O)O[C@H](CC(=O)O)C(=O)O. The number of aliphatic carboxylic acids is 2. The van der Waals surface area contributed by atoms with Crippen LogP contribution in [0.15, 0.2) is 0 Å². The summed E-state index contributed by atoms with van der Waals surface area (Å²) in [5.41, 5.74) is 0. The number of esters is 1. The van der Waals surface area contributed by atoms with Crippen LogP contribution in [-0.4, -0.2) is 34.2 Å². The van der Waals surface area contributed by atoms with Crippen molar-refractivity contribution in [1.82, 2.24) is 0 Å². The van der Waals surface area contributed by atoms with Crippen molar-refractivity contribution < 1.29 is 29.3 Å². The molecule has 0 unspecified atom stereocenters. The maximum absolute atomic E-state index is 10.3. The second kappa shape index (κ2) is 4.32. The van der Waals surface area contributed by atoms with E-state index < -0.39 is 30.4 Å². The first-order valence-corrected chi connectivity index (χ1v) is 3.05. The predicted octanol–water partition coefficient (Wildman–Crippen LogP) is -0.523. The zero-order valence-electron chi connectivity index (χ0n) is 6.31. The molecule has 0 fully saturated rings. The zero-order valence-corrected chi connectivity index (χ0v) is 6.31. The molecule has 6 nitrogen and oxygen atoms in total. The molecular weight excluding hydrogens is 168 g/mol. The lowest BCUT2D eigenvalue weighted by atomic mass is 10.2. The van der Waals surface area contributed by atoms with E-state index in [1.54, 1.807) is 0 Å². The zero-order chi connectivity index (χ0) is 9.72. The van der Waals surface area contributed by atoms with E-state index in [1.165, 1.54) is 0 Å². The van der Waals surface area contributed by atoms with Gasteiger partial charge < -0.3 is 14.9 Å². The molecule has 0 aliphatic heterocycles. The van der Waals surface area contributed by atoms with E-state index in [0.29, 0.717) is 0 Å². The van der Waals surface area contributed by atoms with E-state index in [1.807, 2.05) is 0 Å². The molecule has 12 heavy (non-hydrogen) atoms. The number of carboxylic acid groups (broad SMARTS) is 2. The van der Waals surface area contributed by atoms with Crippen molar-refractivity contribution in [2.24, 2.45) is 0 Å². The van der Waals surface area contributed by atoms with Gasteiger partial charge in [0.25, 0.3) is 0 Å². The molecule has 0 amide bonds. The Kier molecular flexibility index (Phi) is 3.75. The summed E-state index contributed by atoms with van der Waals surface area (Å²) in [5.74, 6) is -3.61. The van der Waals surface area contributed by atoms with E-state index >= 15 is 0 Å². The van der Waals surface area contributed by atoms with Gasteiger partial charge in [0.2, 0.25) is 6.10 Å². The second-order valence-corrected chi connectivity index (χ2v) is 2.03. The number of ether oxygens (including phenoxy) is 1. The lowest BCUT2D eigenvalue weighted by molar-refractivity contribution is -0.165. The summed E-state index contributed by atoms with van der Waals surface area (Å²) in [6, 6.07) is 0. The minimum atomic E-state index is -1.60. The fourth-order valence-corrected chi connectivity index (χ4v) is 0.538. The number of carbonyl (C=O) groups is 3. The largest absolute Gasteiger partial charge is 0.481 e. The summed E-state index contributed by atoms with van der Waals surface area (Å²) >= 11 is 0. The van der Waals surface area contributed by atoms with Gasteiger partial charge in [-0.05, 0) is 0 Å². The molecule has 0 saturated heterocycles. The molecule has 0 bridgehead atoms. The molecule has 0 aliphatic rings. The minimum Gasteiger partial charge on any atom is -0.481 e. The summed E-state index contributed by atoms with van der Waals surface area (Å²) in [6.45, 7) is 1.01. The smallest absolute Gasteiger partial charge is 0.345 e. The van der Waals surface area contributed by atoms with Gasteiger partial charge in [0, 0.05) is 6.92 Å². The summed E-state index contributed by atoms with van der Waals surface area (Å²) in [6.07, 6.45) is -2.32. The number of rotatable bonds is 4. The lowest BCUT2D eigenvalue weighted by Gasteiger charge is -2.08. The predicted molar refractivity (Wildman–Crippen MR) is 35.4 cm³/mol. The number of carboxylic acids is 2. The third-order valence-electron chi connectivity index (χ3n) is 0.944. The summed E-state index contributed by atoms with van der Waals surface area (Å²) in [7, 11) is 0. The van der Waals surface area contributed by atoms with Gasteiger partial charge in [0.15, 0.2) is 0 Å². The van der Waals surface area contributed by atoms with Crippen molar-refractivity contribution in [2.75, 3.05) is 0 Å². The maximum Gasteiger partial charge on any atom is 0.345 e. The normalized spacial score (nSPS) is 11.8. The van der Waals surface area contributed by atoms with Crippen LogP contribution in [0.2, 0.25) is 0 Å². The standard InChI is InChI=1S/C6H8O6/c1-3(7)12-4(6(10)11)2-5(8)9/h4H,2H2,1H3,(H,8,9)(H,10,11)/t4-/m1/s1. The molecule has 0 rings (SSSR count). The van der Waals surface area contributed by atoms with E-state index in [4.69, 9.17) is 10.2 Å². The average Bonchev–Trinajstić information content (AvgIpc) is 1.83. The molecular formula is C6H8O6. The lowest BCUT2D eigenvalue weighted by Crippen LogP contribution is -2.28. The highest BCUT2D eigenvalue weighted by atomic mass is 16.6. The number of carbonyl (C=O) groups excluding carboxylic acids is 1. The quantitative estimate of drug-likeness (QED) is 0.559. The van der Waals surface area contributed by atoms with Crippen molar-refractivity contribution in [2.45, 2.75) is 19.4 Å². The van der Waals surface area contributed by atoms with Crippen LogP contribution in [0.25, 0.3) is 0 Å². The third-order valence-corrected chi connectivity index (χ3v) is 0.944. The van der Waals surface area contributed by atoms with Crippen LogP contribution < -0.4 is 0 Å². The van der Waals surface area contributed by atoms with Crippen LogP contribution in [0.5, 0.6) is 0 Å². The Morgan fingerprint density at radius 2 is 1.83 bits per heavy atom. The summed E-state index contributed by atoms with van der Waals surface area (Å²) < 4.78 is 4.20. The monoisotopic (exact) mass is 176 g/mol. The molecule has 0 aliphatic carbocycles. The van der Waals surface area contributed by atoms with E-state index in [2.05, 4.69) is 4.74 Å². The maximum atomic E-state index is 10.3. The molecule has 0 aromatic heterocycles. The molecule has 68 valence electrons. The molecule has 0 aromatic rings. The van der Waals surface area contributed by atoms with Gasteiger partial charge in [-0.15, -0.1) is 0 Å². The van der Waals surface area contributed by atoms with Crippen molar-refractivity contribution >= 4 is 17.9 Å². The Morgan fingerprint density at radius 1 is 1.33 bits per heavy atom. The highest BCUT2D eigenvalue weighted by molar-refractivity contribution is 5.82. The van der Waals surface area contributed by atoms with E-state index in [0.717, 1.165) is 6.92 Å². The van der Waals surface area contributed by atoms with Gasteiger partial charge in [-0.3, -0.25) is 9.59 Å². The summed E-state index contributed by atoms with van der Waals surface area (Å²) in [5, 5.41) is 16.5. The molecule has 0 heterocycles. The van der Waals surface area contributed by atoms with E-state index in [-0.39, 0.29) is 0 Å². The molecule has 0 aromatic carbocycles. The van der Waals surface area contributed by atoms with Gasteiger partial charge >= 0.3 is 17.9 Å². The second-order valence-electron chi connectivity index (χ2n) is 2.03. The van der Waals surface area contributed by atoms with Crippen LogP contribution >= 0.6 is 0 Å². The Bertz CT molecular complexity index is 192. The third kappa shape index (κ3) is 4.26. The first kappa shape index (κ1) is 10.4. The van der Waals surface area contributed by atoms with E-state index in [9.17, 15) is 14.4 Å². The van der Waals surface area contributed by atoms with Gasteiger partial charge in [-0.25, -0.2) is 4.79 Å². The van der Waals surface area contributed by atoms with Crippen LogP contribution in [0.1, 0.15) is 13.3 Å². The first-order chi connectivity index (χ1) is 5.43. The van der Waals surface area contributed by atoms with Gasteiger partial charge in [-0.1, -0.05) is 0 Å². The van der Waals surface area contributed by atoms with Gasteiger partial charge in [-0.2, -0.15) is 0 Å². The van der Waals surface area contributed by atoms with Crippen molar-refractivity contribution in [3.63, 3.8) is 0 Å². The van der Waals surface area contributed by atoms with Crippen LogP contribution in [0.4, 0.5) is 0 Å². The molecule has 1 atom stereocenters. The van der Waals surface area contributed by atoms with Crippen molar-refractivity contribution in [1.29, 1.82) is 0 Å². The molecule has 0 saturated carbocycles. The Labute approximate surface area is 67.8 Å². The Hall–Kier alpha value is -1.59. The molecule has 0 radical (unpaired) electrons. The minimum absolute atomic E-state index is 0.727. The Morgan fingerprint density at radius 3 is 2.08 bits per heavy atom. The van der Waals surface area contributed by atoms with Gasteiger partial charge in [0.05, 0.1) is 6.42 Å². The first-order valence-electron chi connectivity index (χ1n) is 3.05. The van der Waals surface area contributed by atoms with Gasteiger partial charge in [0.1, 0.15) is 0 Å².